The monoisotopic (exact) mass is 431 g/mol. The summed E-state index contributed by atoms with van der Waals surface area (Å²) in [7, 11) is 0. The van der Waals surface area contributed by atoms with Crippen LogP contribution in [-0.4, -0.2) is 57.6 Å². The number of aromatic nitrogens is 2. The molecule has 0 bridgehead atoms. The Balaban J connectivity index is 2.31. The minimum Gasteiger partial charge on any atom is -0.494 e. The number of nitrogens with zero attached hydrogens (tertiary/aromatic N) is 3. The zero-order valence-electron chi connectivity index (χ0n) is 18.6. The zero-order valence-corrected chi connectivity index (χ0v) is 18.6. The third-order valence-corrected chi connectivity index (χ3v) is 4.75. The number of hydrogen-bond donors (Lipinski definition) is 4. The molecular weight excluding hydrogens is 398 g/mol. The van der Waals surface area contributed by atoms with Gasteiger partial charge in [0.25, 0.3) is 0 Å². The highest BCUT2D eigenvalue weighted by molar-refractivity contribution is 5.98. The maximum absolute atomic E-state index is 13.0. The molecule has 1 atom stereocenters. The lowest BCUT2D eigenvalue weighted by Crippen LogP contribution is -2.40. The zero-order chi connectivity index (χ0) is 22.9. The van der Waals surface area contributed by atoms with E-state index in [-0.39, 0.29) is 18.7 Å². The maximum atomic E-state index is 13.0. The molecule has 0 fully saturated rings. The van der Waals surface area contributed by atoms with Crippen LogP contribution in [0.15, 0.2) is 36.5 Å². The summed E-state index contributed by atoms with van der Waals surface area (Å²) in [5.74, 6) is 1.39. The van der Waals surface area contributed by atoms with Crippen molar-refractivity contribution >= 4 is 23.5 Å². The Hall–Kier alpha value is -2.91. The van der Waals surface area contributed by atoms with Gasteiger partial charge in [0, 0.05) is 25.4 Å². The van der Waals surface area contributed by atoms with E-state index in [0.717, 1.165) is 0 Å². The molecule has 0 aliphatic carbocycles. The van der Waals surface area contributed by atoms with Crippen LogP contribution in [0.4, 0.5) is 22.2 Å². The molecule has 2 rings (SSSR count). The molecule has 0 saturated heterocycles. The molecular formula is C22H33N5O4. The Morgan fingerprint density at radius 1 is 1.23 bits per heavy atom. The molecule has 0 saturated carbocycles. The molecule has 0 spiro atoms. The Morgan fingerprint density at radius 3 is 2.55 bits per heavy atom. The number of nitrogens with one attached hydrogen (secondary N) is 2. The van der Waals surface area contributed by atoms with Crippen molar-refractivity contribution < 1.29 is 19.7 Å². The van der Waals surface area contributed by atoms with Gasteiger partial charge >= 0.3 is 6.03 Å². The largest absolute Gasteiger partial charge is 0.494 e. The fraction of sp³-hybridized carbons (Fsp3) is 0.500. The molecule has 1 heterocycles. The van der Waals surface area contributed by atoms with Crippen molar-refractivity contribution in [2.24, 2.45) is 0 Å². The first-order valence-corrected chi connectivity index (χ1v) is 10.5. The lowest BCUT2D eigenvalue weighted by Gasteiger charge is -2.27. The summed E-state index contributed by atoms with van der Waals surface area (Å²) in [5.41, 5.74) is -0.360. The number of anilines is 3. The van der Waals surface area contributed by atoms with Crippen LogP contribution >= 0.6 is 0 Å². The second-order valence-electron chi connectivity index (χ2n) is 7.68. The molecule has 9 nitrogen and oxygen atoms in total. The van der Waals surface area contributed by atoms with Crippen LogP contribution in [0.3, 0.4) is 0 Å². The Morgan fingerprint density at radius 2 is 1.94 bits per heavy atom. The van der Waals surface area contributed by atoms with Gasteiger partial charge in [0.2, 0.25) is 5.95 Å². The minimum absolute atomic E-state index is 0.0821. The van der Waals surface area contributed by atoms with Crippen LogP contribution in [0.5, 0.6) is 5.75 Å². The first-order valence-electron chi connectivity index (χ1n) is 10.5. The number of rotatable bonds is 11. The molecule has 31 heavy (non-hydrogen) atoms. The lowest BCUT2D eigenvalue weighted by atomic mass is 10.0. The topological polar surface area (TPSA) is 120 Å². The van der Waals surface area contributed by atoms with Gasteiger partial charge in [-0.3, -0.25) is 0 Å². The smallest absolute Gasteiger partial charge is 0.327 e. The Bertz CT molecular complexity index is 823. The number of urea groups is 1. The molecule has 0 radical (unpaired) electrons. The van der Waals surface area contributed by atoms with Gasteiger partial charge in [-0.05, 0) is 64.8 Å². The summed E-state index contributed by atoms with van der Waals surface area (Å²) >= 11 is 0. The van der Waals surface area contributed by atoms with Crippen LogP contribution in [0.25, 0.3) is 0 Å². The third kappa shape index (κ3) is 7.37. The van der Waals surface area contributed by atoms with Crippen molar-refractivity contribution in [3.63, 3.8) is 0 Å². The second kappa shape index (κ2) is 11.5. The van der Waals surface area contributed by atoms with Crippen molar-refractivity contribution in [1.82, 2.24) is 15.3 Å². The number of amides is 2. The fourth-order valence-corrected chi connectivity index (χ4v) is 2.64. The van der Waals surface area contributed by atoms with Crippen molar-refractivity contribution in [2.75, 3.05) is 30.0 Å². The van der Waals surface area contributed by atoms with Crippen molar-refractivity contribution in [1.29, 1.82) is 0 Å². The third-order valence-electron chi connectivity index (χ3n) is 4.75. The average Bonchev–Trinajstić information content (AvgIpc) is 2.72. The van der Waals surface area contributed by atoms with Crippen LogP contribution in [0.2, 0.25) is 0 Å². The highest BCUT2D eigenvalue weighted by atomic mass is 16.5. The lowest BCUT2D eigenvalue weighted by molar-refractivity contribution is 0.0646. The van der Waals surface area contributed by atoms with E-state index in [9.17, 15) is 9.90 Å². The fourth-order valence-electron chi connectivity index (χ4n) is 2.64. The Kier molecular flexibility index (Phi) is 9.02. The quantitative estimate of drug-likeness (QED) is 0.404. The maximum Gasteiger partial charge on any atom is 0.327 e. The van der Waals surface area contributed by atoms with Crippen LogP contribution < -0.4 is 20.3 Å². The van der Waals surface area contributed by atoms with Gasteiger partial charge < -0.3 is 25.6 Å². The van der Waals surface area contributed by atoms with E-state index < -0.39 is 5.60 Å². The van der Waals surface area contributed by atoms with E-state index in [1.807, 2.05) is 13.8 Å². The summed E-state index contributed by atoms with van der Waals surface area (Å²) in [6.45, 7) is 8.19. The molecule has 170 valence electrons. The van der Waals surface area contributed by atoms with Gasteiger partial charge in [0.1, 0.15) is 11.6 Å². The van der Waals surface area contributed by atoms with Crippen LogP contribution in [0, 0.1) is 0 Å². The summed E-state index contributed by atoms with van der Waals surface area (Å²) < 4.78 is 5.49. The molecule has 2 aromatic rings. The second-order valence-corrected chi connectivity index (χ2v) is 7.68. The molecule has 4 N–H and O–H groups in total. The summed E-state index contributed by atoms with van der Waals surface area (Å²) in [4.78, 5) is 23.2. The molecule has 9 heteroatoms. The van der Waals surface area contributed by atoms with E-state index in [2.05, 4.69) is 20.6 Å². The average molecular weight is 432 g/mol. The van der Waals surface area contributed by atoms with E-state index in [1.165, 1.54) is 4.90 Å². The standard InChI is InChI=1S/C22H33N5O4/c1-5-31-18-10-8-17(9-11-18)27(21(29)24-13-6-7-15-28)19-12-14-23-20(26-19)25-16(2)22(3,4)30/h8-12,14,16,28,30H,5-7,13,15H2,1-4H3,(H,24,29)(H,23,25,26). The first kappa shape index (κ1) is 24.4. The number of hydrogen-bond acceptors (Lipinski definition) is 7. The molecule has 0 aliphatic heterocycles. The van der Waals surface area contributed by atoms with Crippen molar-refractivity contribution in [3.05, 3.63) is 36.5 Å². The predicted molar refractivity (Wildman–Crippen MR) is 121 cm³/mol. The van der Waals surface area contributed by atoms with Gasteiger partial charge in [-0.1, -0.05) is 0 Å². The highest BCUT2D eigenvalue weighted by Gasteiger charge is 2.24. The number of carbonyl (C=O) groups is 1. The molecule has 1 aromatic heterocycles. The van der Waals surface area contributed by atoms with Crippen LogP contribution in [-0.2, 0) is 0 Å². The minimum atomic E-state index is -0.974. The highest BCUT2D eigenvalue weighted by Crippen LogP contribution is 2.27. The molecule has 1 aromatic carbocycles. The number of aliphatic hydroxyl groups is 2. The number of benzene rings is 1. The van der Waals surface area contributed by atoms with E-state index in [4.69, 9.17) is 9.84 Å². The van der Waals surface area contributed by atoms with Gasteiger partial charge in [-0.2, -0.15) is 4.98 Å². The predicted octanol–water partition coefficient (Wildman–Crippen LogP) is 3.07. The van der Waals surface area contributed by atoms with Gasteiger partial charge in [0.05, 0.1) is 23.9 Å². The van der Waals surface area contributed by atoms with Crippen LogP contribution in [0.1, 0.15) is 40.5 Å². The van der Waals surface area contributed by atoms with Gasteiger partial charge in [-0.15, -0.1) is 0 Å². The summed E-state index contributed by atoms with van der Waals surface area (Å²) in [6, 6.07) is 8.14. The van der Waals surface area contributed by atoms with Crippen molar-refractivity contribution in [3.8, 4) is 5.75 Å². The van der Waals surface area contributed by atoms with E-state index in [0.29, 0.717) is 49.2 Å². The van der Waals surface area contributed by atoms with Gasteiger partial charge in [0.15, 0.2) is 0 Å². The number of carbonyl (C=O) groups excluding carboxylic acids is 1. The Labute approximate surface area is 183 Å². The van der Waals surface area contributed by atoms with Gasteiger partial charge in [-0.25, -0.2) is 14.7 Å². The van der Waals surface area contributed by atoms with E-state index in [1.54, 1.807) is 50.4 Å². The van der Waals surface area contributed by atoms with E-state index >= 15 is 0 Å². The molecule has 2 amide bonds. The molecule has 0 aliphatic rings. The first-order chi connectivity index (χ1) is 14.8. The van der Waals surface area contributed by atoms with Crippen molar-refractivity contribution in [2.45, 2.75) is 52.2 Å². The summed E-state index contributed by atoms with van der Waals surface area (Å²) in [6.07, 6.45) is 2.83. The SMILES string of the molecule is CCOc1ccc(N(C(=O)NCCCCO)c2ccnc(NC(C)C(C)(C)O)n2)cc1. The number of unbranched alkanes of at least 4 members (excludes halogenated alkanes) is 1. The number of ether oxygens (including phenoxy) is 1. The normalized spacial score (nSPS) is 12.2. The summed E-state index contributed by atoms with van der Waals surface area (Å²) in [5, 5.41) is 25.1. The number of aliphatic hydroxyl groups excluding tert-OH is 1. The molecule has 1 unspecified atom stereocenters.